The van der Waals surface area contributed by atoms with Crippen molar-refractivity contribution in [3.8, 4) is 11.8 Å². The van der Waals surface area contributed by atoms with Gasteiger partial charge < -0.3 is 16.8 Å². The van der Waals surface area contributed by atoms with E-state index in [1.807, 2.05) is 19.1 Å². The molecule has 2 heterocycles. The summed E-state index contributed by atoms with van der Waals surface area (Å²) in [6.45, 7) is 1.91. The van der Waals surface area contributed by atoms with Crippen LogP contribution >= 0.6 is 0 Å². The van der Waals surface area contributed by atoms with Crippen LogP contribution in [0, 0.1) is 17.1 Å². The van der Waals surface area contributed by atoms with Gasteiger partial charge in [-0.3, -0.25) is 9.36 Å². The smallest absolute Gasteiger partial charge is 0.266 e. The van der Waals surface area contributed by atoms with Crippen LogP contribution in [-0.2, 0) is 0 Å². The molecule has 0 aliphatic rings. The monoisotopic (exact) mass is 429 g/mol. The van der Waals surface area contributed by atoms with Gasteiger partial charge in [-0.05, 0) is 36.1 Å². The number of halogens is 1. The molecule has 0 fully saturated rings. The Kier molecular flexibility index (Phi) is 5.43. The predicted octanol–water partition coefficient (Wildman–Crippen LogP) is 3.52. The number of hydrogen-bond acceptors (Lipinski definition) is 7. The van der Waals surface area contributed by atoms with Crippen molar-refractivity contribution in [2.75, 3.05) is 16.8 Å². The first-order chi connectivity index (χ1) is 15.4. The average molecular weight is 429 g/mol. The van der Waals surface area contributed by atoms with E-state index in [2.05, 4.69) is 15.3 Å². The number of fused-ring (bicyclic) bond motifs is 1. The van der Waals surface area contributed by atoms with Crippen LogP contribution in [0.25, 0.3) is 16.5 Å². The number of pyridine rings is 1. The van der Waals surface area contributed by atoms with Crippen molar-refractivity contribution >= 4 is 28.4 Å². The van der Waals surface area contributed by atoms with Gasteiger partial charge in [-0.2, -0.15) is 15.2 Å². The Morgan fingerprint density at radius 3 is 2.59 bits per heavy atom. The Balaban J connectivity index is 1.97. The highest BCUT2D eigenvalue weighted by Crippen LogP contribution is 2.29. The van der Waals surface area contributed by atoms with Crippen molar-refractivity contribution in [3.63, 3.8) is 0 Å². The highest BCUT2D eigenvalue weighted by Gasteiger charge is 2.22. The minimum absolute atomic E-state index is 0.00296. The van der Waals surface area contributed by atoms with Crippen LogP contribution in [-0.4, -0.2) is 14.5 Å². The molecular weight excluding hydrogens is 409 g/mol. The first-order valence-electron chi connectivity index (χ1n) is 9.93. The number of rotatable bonds is 5. The molecule has 160 valence electrons. The average Bonchev–Trinajstić information content (AvgIpc) is 2.77. The molecule has 4 aromatic rings. The third kappa shape index (κ3) is 3.58. The zero-order valence-corrected chi connectivity index (χ0v) is 17.2. The van der Waals surface area contributed by atoms with Gasteiger partial charge in [0.15, 0.2) is 5.82 Å². The van der Waals surface area contributed by atoms with Gasteiger partial charge in [0.25, 0.3) is 5.56 Å². The Bertz CT molecular complexity index is 1410. The lowest BCUT2D eigenvalue weighted by molar-refractivity contribution is 0.635. The van der Waals surface area contributed by atoms with E-state index in [-0.39, 0.29) is 28.5 Å². The van der Waals surface area contributed by atoms with E-state index in [1.165, 1.54) is 10.6 Å². The molecule has 0 saturated heterocycles. The number of hydrogen-bond donors (Lipinski definition) is 3. The van der Waals surface area contributed by atoms with Crippen molar-refractivity contribution in [1.29, 1.82) is 5.26 Å². The molecule has 8 nitrogen and oxygen atoms in total. The van der Waals surface area contributed by atoms with Crippen LogP contribution in [0.4, 0.5) is 22.0 Å². The molecule has 0 spiro atoms. The Morgan fingerprint density at radius 1 is 1.16 bits per heavy atom. The van der Waals surface area contributed by atoms with Gasteiger partial charge in [-0.1, -0.05) is 37.3 Å². The molecule has 0 aliphatic carbocycles. The number of nitriles is 1. The quantitative estimate of drug-likeness (QED) is 0.441. The molecule has 4 rings (SSSR count). The number of nitrogens with zero attached hydrogens (tertiary/aromatic N) is 4. The Morgan fingerprint density at radius 2 is 1.91 bits per heavy atom. The van der Waals surface area contributed by atoms with E-state index in [0.29, 0.717) is 23.2 Å². The summed E-state index contributed by atoms with van der Waals surface area (Å²) in [6, 6.07) is 16.7. The van der Waals surface area contributed by atoms with E-state index in [1.54, 1.807) is 42.5 Å². The molecule has 0 aliphatic heterocycles. The SMILES string of the molecule is CC[C@H](Nc1nc(N)nc(N)c1C#N)c1cc2cccc(F)c2c(=O)n1-c1ccccc1. The zero-order valence-electron chi connectivity index (χ0n) is 17.2. The topological polar surface area (TPSA) is 136 Å². The third-order valence-electron chi connectivity index (χ3n) is 5.18. The summed E-state index contributed by atoms with van der Waals surface area (Å²) in [7, 11) is 0. The molecule has 0 radical (unpaired) electrons. The van der Waals surface area contributed by atoms with Crippen LogP contribution < -0.4 is 22.3 Å². The number of para-hydroxylation sites is 1. The fraction of sp³-hybridized carbons (Fsp3) is 0.130. The molecule has 1 atom stereocenters. The first-order valence-corrected chi connectivity index (χ1v) is 9.93. The van der Waals surface area contributed by atoms with E-state index in [4.69, 9.17) is 11.5 Å². The van der Waals surface area contributed by atoms with Gasteiger partial charge in [0.05, 0.1) is 11.4 Å². The van der Waals surface area contributed by atoms with Crippen molar-refractivity contribution < 1.29 is 4.39 Å². The summed E-state index contributed by atoms with van der Waals surface area (Å²) in [5.41, 5.74) is 12.3. The summed E-state index contributed by atoms with van der Waals surface area (Å²) in [6.07, 6.45) is 0.516. The van der Waals surface area contributed by atoms with Crippen molar-refractivity contribution in [3.05, 3.63) is 82.0 Å². The van der Waals surface area contributed by atoms with Gasteiger partial charge >= 0.3 is 0 Å². The molecule has 5 N–H and O–H groups in total. The lowest BCUT2D eigenvalue weighted by Gasteiger charge is -2.24. The summed E-state index contributed by atoms with van der Waals surface area (Å²) in [4.78, 5) is 21.4. The van der Waals surface area contributed by atoms with E-state index < -0.39 is 17.4 Å². The molecule has 0 amide bonds. The number of benzene rings is 2. The molecular formula is C23H20FN7O. The highest BCUT2D eigenvalue weighted by atomic mass is 19.1. The van der Waals surface area contributed by atoms with E-state index >= 15 is 0 Å². The highest BCUT2D eigenvalue weighted by molar-refractivity contribution is 5.83. The fourth-order valence-corrected chi connectivity index (χ4v) is 3.70. The number of aromatic nitrogens is 3. The predicted molar refractivity (Wildman–Crippen MR) is 122 cm³/mol. The number of anilines is 3. The molecule has 0 bridgehead atoms. The largest absolute Gasteiger partial charge is 0.382 e. The summed E-state index contributed by atoms with van der Waals surface area (Å²) in [5, 5.41) is 13.2. The zero-order chi connectivity index (χ0) is 22.8. The third-order valence-corrected chi connectivity index (χ3v) is 5.18. The van der Waals surface area contributed by atoms with Gasteiger partial charge in [0, 0.05) is 11.4 Å². The maximum Gasteiger partial charge on any atom is 0.266 e. The summed E-state index contributed by atoms with van der Waals surface area (Å²) < 4.78 is 16.0. The van der Waals surface area contributed by atoms with Crippen LogP contribution in [0.5, 0.6) is 0 Å². The van der Waals surface area contributed by atoms with Crippen molar-refractivity contribution in [1.82, 2.24) is 14.5 Å². The van der Waals surface area contributed by atoms with Gasteiger partial charge in [-0.25, -0.2) is 4.39 Å². The number of nitrogen functional groups attached to an aromatic ring is 2. The maximum absolute atomic E-state index is 14.6. The molecule has 9 heteroatoms. The molecule has 0 unspecified atom stereocenters. The van der Waals surface area contributed by atoms with Crippen molar-refractivity contribution in [2.24, 2.45) is 0 Å². The fourth-order valence-electron chi connectivity index (χ4n) is 3.70. The maximum atomic E-state index is 14.6. The standard InChI is InChI=1S/C23H20FN7O/c1-2-17(28-21-15(12-25)20(26)29-23(27)30-21)18-11-13-7-6-10-16(24)19(13)22(32)31(18)14-8-4-3-5-9-14/h3-11,17H,2H2,1H3,(H5,26,27,28,29,30)/t17-/m0/s1. The van der Waals surface area contributed by atoms with Crippen LogP contribution in [0.2, 0.25) is 0 Å². The van der Waals surface area contributed by atoms with Crippen LogP contribution in [0.3, 0.4) is 0 Å². The van der Waals surface area contributed by atoms with Crippen molar-refractivity contribution in [2.45, 2.75) is 19.4 Å². The number of nitrogens with one attached hydrogen (secondary N) is 1. The van der Waals surface area contributed by atoms with Gasteiger partial charge in [-0.15, -0.1) is 0 Å². The van der Waals surface area contributed by atoms with Crippen LogP contribution in [0.15, 0.2) is 59.4 Å². The minimum atomic E-state index is -0.590. The van der Waals surface area contributed by atoms with E-state index in [9.17, 15) is 14.4 Å². The number of nitrogens with two attached hydrogens (primary N) is 2. The second-order valence-electron chi connectivity index (χ2n) is 7.16. The molecule has 0 saturated carbocycles. The van der Waals surface area contributed by atoms with Crippen LogP contribution in [0.1, 0.15) is 30.6 Å². The first kappa shape index (κ1) is 20.8. The van der Waals surface area contributed by atoms with E-state index in [0.717, 1.165) is 0 Å². The van der Waals surface area contributed by atoms with Gasteiger partial charge in [0.1, 0.15) is 23.3 Å². The molecule has 32 heavy (non-hydrogen) atoms. The molecule has 2 aromatic carbocycles. The second-order valence-corrected chi connectivity index (χ2v) is 7.16. The summed E-state index contributed by atoms with van der Waals surface area (Å²) >= 11 is 0. The van der Waals surface area contributed by atoms with Gasteiger partial charge in [0.2, 0.25) is 5.95 Å². The minimum Gasteiger partial charge on any atom is -0.382 e. The second kappa shape index (κ2) is 8.35. The lowest BCUT2D eigenvalue weighted by Crippen LogP contribution is -2.27. The summed E-state index contributed by atoms with van der Waals surface area (Å²) in [5.74, 6) is -0.554. The molecule has 2 aromatic heterocycles. The lowest BCUT2D eigenvalue weighted by atomic mass is 10.0. The Labute approximate surface area is 183 Å². The Hall–Kier alpha value is -4.45. The normalized spacial score (nSPS) is 11.8.